The Morgan fingerprint density at radius 2 is 1.46 bits per heavy atom. The summed E-state index contributed by atoms with van der Waals surface area (Å²) in [7, 11) is 0.818. The van der Waals surface area contributed by atoms with Crippen LogP contribution in [0.2, 0.25) is 0 Å². The largest absolute Gasteiger partial charge is 0.466 e. The molecule has 3 rings (SSSR count). The Morgan fingerprint density at radius 1 is 0.964 bits per heavy atom. The lowest BCUT2D eigenvalue weighted by atomic mass is 9.92. The molecule has 1 heterocycles. The monoisotopic (exact) mass is 406 g/mol. The van der Waals surface area contributed by atoms with E-state index in [0.717, 1.165) is 18.4 Å². The average Bonchev–Trinajstić information content (AvgIpc) is 3.04. The van der Waals surface area contributed by atoms with Crippen LogP contribution in [0.4, 0.5) is 13.2 Å². The summed E-state index contributed by atoms with van der Waals surface area (Å²) in [5.74, 6) is -1.76. The molecule has 3 aromatic rings. The van der Waals surface area contributed by atoms with Gasteiger partial charge in [0.2, 0.25) is 0 Å². The molecular weight excluding hydrogens is 389 g/mol. The lowest BCUT2D eigenvalue weighted by Gasteiger charge is -2.27. The normalized spacial score (nSPS) is 13.8. The van der Waals surface area contributed by atoms with Gasteiger partial charge in [0, 0.05) is 10.4 Å². The summed E-state index contributed by atoms with van der Waals surface area (Å²) in [5, 5.41) is 10.5. The van der Waals surface area contributed by atoms with Crippen molar-refractivity contribution >= 4 is 17.3 Å². The number of rotatable bonds is 4. The summed E-state index contributed by atoms with van der Waals surface area (Å²) in [4.78, 5) is 12.1. The van der Waals surface area contributed by atoms with E-state index in [2.05, 4.69) is 4.74 Å². The molecule has 0 saturated carbocycles. The zero-order valence-corrected chi connectivity index (χ0v) is 15.9. The van der Waals surface area contributed by atoms with E-state index in [1.807, 2.05) is 0 Å². The molecule has 1 aromatic heterocycles. The second-order valence-corrected chi connectivity index (χ2v) is 7.21. The van der Waals surface area contributed by atoms with E-state index in [9.17, 15) is 23.1 Å². The minimum atomic E-state index is -5.24. The minimum absolute atomic E-state index is 0.181. The van der Waals surface area contributed by atoms with Gasteiger partial charge in [-0.1, -0.05) is 60.7 Å². The van der Waals surface area contributed by atoms with Crippen LogP contribution in [-0.2, 0) is 15.1 Å². The van der Waals surface area contributed by atoms with Crippen LogP contribution in [-0.4, -0.2) is 24.4 Å². The highest BCUT2D eigenvalue weighted by molar-refractivity contribution is 7.16. The van der Waals surface area contributed by atoms with E-state index in [0.29, 0.717) is 21.6 Å². The highest BCUT2D eigenvalue weighted by Crippen LogP contribution is 2.51. The zero-order valence-electron chi connectivity index (χ0n) is 15.1. The molecule has 0 amide bonds. The van der Waals surface area contributed by atoms with Gasteiger partial charge in [-0.25, -0.2) is 4.79 Å². The maximum atomic E-state index is 13.8. The molecule has 2 aromatic carbocycles. The van der Waals surface area contributed by atoms with Crippen LogP contribution in [0.5, 0.6) is 0 Å². The zero-order chi connectivity index (χ0) is 20.5. The van der Waals surface area contributed by atoms with Crippen LogP contribution >= 0.6 is 11.3 Å². The summed E-state index contributed by atoms with van der Waals surface area (Å²) in [6.45, 7) is 1.47. The van der Waals surface area contributed by atoms with E-state index in [4.69, 9.17) is 0 Å². The first kappa shape index (κ1) is 20.1. The first-order valence-electron chi connectivity index (χ1n) is 8.34. The maximum Gasteiger partial charge on any atom is 0.433 e. The SMILES string of the molecule is COC(=O)C(O)(c1sc(-c2ccccc2)c(-c2ccccc2)c1C)C(F)(F)F. The molecule has 28 heavy (non-hydrogen) atoms. The fourth-order valence-corrected chi connectivity index (χ4v) is 4.52. The lowest BCUT2D eigenvalue weighted by Crippen LogP contribution is -2.49. The first-order valence-corrected chi connectivity index (χ1v) is 9.15. The van der Waals surface area contributed by atoms with Gasteiger partial charge in [-0.15, -0.1) is 11.3 Å². The number of thiophene rings is 1. The summed E-state index contributed by atoms with van der Waals surface area (Å²) < 4.78 is 45.7. The molecular formula is C21H17F3O3S. The number of esters is 1. The quantitative estimate of drug-likeness (QED) is 0.597. The van der Waals surface area contributed by atoms with Gasteiger partial charge in [-0.3, -0.25) is 0 Å². The first-order chi connectivity index (χ1) is 13.2. The van der Waals surface area contributed by atoms with Gasteiger partial charge >= 0.3 is 12.1 Å². The van der Waals surface area contributed by atoms with Crippen molar-refractivity contribution in [2.45, 2.75) is 18.7 Å². The van der Waals surface area contributed by atoms with Gasteiger partial charge < -0.3 is 9.84 Å². The standard InChI is InChI=1S/C21H17F3O3S/c1-13-16(14-9-5-3-6-10-14)17(15-11-7-4-8-12-15)28-18(13)20(26,19(25)27-2)21(22,23)24/h3-12,26H,1-2H3. The second kappa shape index (κ2) is 7.41. The van der Waals surface area contributed by atoms with E-state index in [1.165, 1.54) is 6.92 Å². The third-order valence-electron chi connectivity index (χ3n) is 4.46. The van der Waals surface area contributed by atoms with Crippen LogP contribution in [0, 0.1) is 6.92 Å². The predicted molar refractivity (Wildman–Crippen MR) is 102 cm³/mol. The third kappa shape index (κ3) is 3.21. The van der Waals surface area contributed by atoms with Crippen molar-refractivity contribution in [2.75, 3.05) is 7.11 Å². The number of hydrogen-bond acceptors (Lipinski definition) is 4. The second-order valence-electron chi connectivity index (χ2n) is 6.19. The minimum Gasteiger partial charge on any atom is -0.466 e. The smallest absolute Gasteiger partial charge is 0.433 e. The van der Waals surface area contributed by atoms with E-state index in [1.54, 1.807) is 60.7 Å². The molecule has 146 valence electrons. The summed E-state index contributed by atoms with van der Waals surface area (Å²) in [6.07, 6.45) is -5.24. The van der Waals surface area contributed by atoms with Gasteiger partial charge in [-0.2, -0.15) is 13.2 Å². The number of ether oxygens (including phenoxy) is 1. The van der Waals surface area contributed by atoms with Crippen LogP contribution in [0.15, 0.2) is 60.7 Å². The van der Waals surface area contributed by atoms with Gasteiger partial charge in [0.1, 0.15) is 0 Å². The molecule has 0 saturated heterocycles. The lowest BCUT2D eigenvalue weighted by molar-refractivity contribution is -0.265. The van der Waals surface area contributed by atoms with Crippen LogP contribution in [0.25, 0.3) is 21.6 Å². The molecule has 1 atom stereocenters. The number of alkyl halides is 3. The number of halogens is 3. The van der Waals surface area contributed by atoms with Crippen molar-refractivity contribution in [2.24, 2.45) is 0 Å². The topological polar surface area (TPSA) is 46.5 Å². The molecule has 0 spiro atoms. The average molecular weight is 406 g/mol. The van der Waals surface area contributed by atoms with Crippen molar-refractivity contribution in [3.8, 4) is 21.6 Å². The molecule has 7 heteroatoms. The molecule has 1 N–H and O–H groups in total. The van der Waals surface area contributed by atoms with Crippen LogP contribution in [0.1, 0.15) is 10.4 Å². The van der Waals surface area contributed by atoms with Crippen molar-refractivity contribution in [3.63, 3.8) is 0 Å². The Kier molecular flexibility index (Phi) is 5.32. The van der Waals surface area contributed by atoms with Crippen molar-refractivity contribution in [1.82, 2.24) is 0 Å². The maximum absolute atomic E-state index is 13.8. The van der Waals surface area contributed by atoms with Crippen molar-refractivity contribution < 1.29 is 27.8 Å². The number of hydrogen-bond donors (Lipinski definition) is 1. The molecule has 3 nitrogen and oxygen atoms in total. The van der Waals surface area contributed by atoms with E-state index >= 15 is 0 Å². The number of aliphatic hydroxyl groups is 1. The molecule has 1 unspecified atom stereocenters. The number of benzene rings is 2. The Balaban J connectivity index is 2.36. The molecule has 0 aliphatic rings. The van der Waals surface area contributed by atoms with Crippen LogP contribution in [0.3, 0.4) is 0 Å². The van der Waals surface area contributed by atoms with Gasteiger partial charge in [-0.05, 0) is 23.6 Å². The fraction of sp³-hybridized carbons (Fsp3) is 0.190. The molecule has 0 bridgehead atoms. The summed E-state index contributed by atoms with van der Waals surface area (Å²) >= 11 is 0.741. The Labute approximate surface area is 164 Å². The van der Waals surface area contributed by atoms with Crippen LogP contribution < -0.4 is 0 Å². The number of carbonyl (C=O) groups excluding carboxylic acids is 1. The summed E-state index contributed by atoms with van der Waals surface area (Å²) in [5.41, 5.74) is -1.64. The van der Waals surface area contributed by atoms with Gasteiger partial charge in [0.05, 0.1) is 12.0 Å². The summed E-state index contributed by atoms with van der Waals surface area (Å²) in [6, 6.07) is 17.8. The van der Waals surface area contributed by atoms with Crippen molar-refractivity contribution in [1.29, 1.82) is 0 Å². The molecule has 0 aliphatic heterocycles. The molecule has 0 aliphatic carbocycles. The predicted octanol–water partition coefficient (Wildman–Crippen LogP) is 5.31. The van der Waals surface area contributed by atoms with E-state index in [-0.39, 0.29) is 5.56 Å². The van der Waals surface area contributed by atoms with Gasteiger partial charge in [0.25, 0.3) is 5.60 Å². The van der Waals surface area contributed by atoms with Gasteiger partial charge in [0.15, 0.2) is 0 Å². The Morgan fingerprint density at radius 3 is 1.93 bits per heavy atom. The Hall–Kier alpha value is -2.64. The van der Waals surface area contributed by atoms with E-state index < -0.39 is 22.6 Å². The van der Waals surface area contributed by atoms with Crippen molar-refractivity contribution in [3.05, 3.63) is 71.1 Å². The molecule has 0 fully saturated rings. The molecule has 0 radical (unpaired) electrons. The number of methoxy groups -OCH3 is 1. The highest BCUT2D eigenvalue weighted by Gasteiger charge is 2.63. The highest BCUT2D eigenvalue weighted by atomic mass is 32.1. The third-order valence-corrected chi connectivity index (χ3v) is 5.91. The Bertz CT molecular complexity index is 981. The number of carbonyl (C=O) groups is 1. The fourth-order valence-electron chi connectivity index (χ4n) is 3.09.